The monoisotopic (exact) mass is 225 g/mol. The van der Waals surface area contributed by atoms with Crippen LogP contribution in [0.5, 0.6) is 0 Å². The largest absolute Gasteiger partial charge is 0.508 e. The Morgan fingerprint density at radius 1 is 1.60 bits per heavy atom. The van der Waals surface area contributed by atoms with Crippen LogP contribution in [-0.2, 0) is 4.79 Å². The third-order valence-corrected chi connectivity index (χ3v) is 2.12. The molecule has 0 saturated carbocycles. The number of rotatable bonds is 3. The quantitative estimate of drug-likeness (QED) is 0.776. The molecule has 1 aromatic carbocycles. The summed E-state index contributed by atoms with van der Waals surface area (Å²) in [6.45, 7) is 5.15. The molecule has 2 N–H and O–H groups in total. The Balaban J connectivity index is 3.07. The zero-order chi connectivity index (χ0) is 11.4. The number of nitrogens with one attached hydrogen (secondary N) is 1. The van der Waals surface area contributed by atoms with E-state index in [-0.39, 0.29) is 11.7 Å². The Morgan fingerprint density at radius 3 is 2.80 bits per heavy atom. The number of carbonyl (C=O) groups excluding carboxylic acids is 1. The zero-order valence-corrected chi connectivity index (χ0v) is 9.14. The third kappa shape index (κ3) is 2.99. The number of amides is 1. The Bertz CT molecular complexity index is 402. The summed E-state index contributed by atoms with van der Waals surface area (Å²) in [6.07, 6.45) is 0.365. The van der Waals surface area contributed by atoms with Crippen molar-refractivity contribution in [2.75, 3.05) is 5.32 Å². The van der Waals surface area contributed by atoms with Gasteiger partial charge in [0, 0.05) is 17.0 Å². The van der Waals surface area contributed by atoms with Crippen LogP contribution in [0.15, 0.2) is 24.8 Å². The van der Waals surface area contributed by atoms with Gasteiger partial charge in [0.15, 0.2) is 0 Å². The Hall–Kier alpha value is -1.48. The molecular formula is C11H12ClNO2. The molecule has 3 nitrogen and oxygen atoms in total. The Morgan fingerprint density at radius 2 is 2.27 bits per heavy atom. The van der Waals surface area contributed by atoms with E-state index in [1.807, 2.05) is 0 Å². The molecule has 0 radical (unpaired) electrons. The van der Waals surface area contributed by atoms with Gasteiger partial charge >= 0.3 is 0 Å². The number of aliphatic hydroxyl groups is 1. The average Bonchev–Trinajstić information content (AvgIpc) is 2.17. The minimum atomic E-state index is -0.139. The summed E-state index contributed by atoms with van der Waals surface area (Å²) in [5.74, 6) is -0.238. The van der Waals surface area contributed by atoms with Crippen molar-refractivity contribution >= 4 is 29.0 Å². The molecule has 0 spiro atoms. The summed E-state index contributed by atoms with van der Waals surface area (Å²) in [5, 5.41) is 12.4. The highest BCUT2D eigenvalue weighted by atomic mass is 35.5. The normalized spacial score (nSPS) is 9.73. The standard InChI is InChI=1S/C11H12ClNO2/c1-3-11(15)13-10-6-8(12)4-5-9(10)7(2)14/h4-6,14H,2-3H2,1H3,(H,13,15). The van der Waals surface area contributed by atoms with E-state index in [0.717, 1.165) is 0 Å². The molecule has 1 rings (SSSR count). The highest BCUT2D eigenvalue weighted by molar-refractivity contribution is 6.31. The number of benzene rings is 1. The van der Waals surface area contributed by atoms with Crippen LogP contribution in [-0.4, -0.2) is 11.0 Å². The van der Waals surface area contributed by atoms with E-state index in [2.05, 4.69) is 11.9 Å². The van der Waals surface area contributed by atoms with E-state index >= 15 is 0 Å². The maximum Gasteiger partial charge on any atom is 0.224 e. The predicted octanol–water partition coefficient (Wildman–Crippen LogP) is 3.22. The van der Waals surface area contributed by atoms with Crippen LogP contribution in [0.3, 0.4) is 0 Å². The summed E-state index contributed by atoms with van der Waals surface area (Å²) in [7, 11) is 0. The van der Waals surface area contributed by atoms with Crippen LogP contribution in [0.1, 0.15) is 18.9 Å². The van der Waals surface area contributed by atoms with Crippen LogP contribution in [0.25, 0.3) is 5.76 Å². The van der Waals surface area contributed by atoms with Crippen LogP contribution in [0.4, 0.5) is 5.69 Å². The predicted molar refractivity (Wildman–Crippen MR) is 62.0 cm³/mol. The van der Waals surface area contributed by atoms with Crippen LogP contribution in [0.2, 0.25) is 5.02 Å². The van der Waals surface area contributed by atoms with Gasteiger partial charge in [-0.05, 0) is 18.2 Å². The van der Waals surface area contributed by atoms with Gasteiger partial charge in [-0.3, -0.25) is 4.79 Å². The van der Waals surface area contributed by atoms with E-state index in [0.29, 0.717) is 22.7 Å². The van der Waals surface area contributed by atoms with Crippen molar-refractivity contribution in [2.45, 2.75) is 13.3 Å². The fourth-order valence-electron chi connectivity index (χ4n) is 1.11. The first-order valence-electron chi connectivity index (χ1n) is 4.52. The van der Waals surface area contributed by atoms with Crippen molar-refractivity contribution in [1.29, 1.82) is 0 Å². The summed E-state index contributed by atoms with van der Waals surface area (Å²) in [5.41, 5.74) is 0.947. The Labute approximate surface area is 93.4 Å². The van der Waals surface area contributed by atoms with Crippen LogP contribution in [0, 0.1) is 0 Å². The SMILES string of the molecule is C=C(O)c1ccc(Cl)cc1NC(=O)CC. The lowest BCUT2D eigenvalue weighted by Crippen LogP contribution is -2.11. The molecule has 1 aromatic rings. The van der Waals surface area contributed by atoms with Crippen molar-refractivity contribution in [3.63, 3.8) is 0 Å². The second kappa shape index (κ2) is 4.84. The molecule has 0 aliphatic carbocycles. The van der Waals surface area contributed by atoms with E-state index in [1.54, 1.807) is 25.1 Å². The molecule has 0 heterocycles. The Kier molecular flexibility index (Phi) is 3.74. The number of hydrogen-bond acceptors (Lipinski definition) is 2. The van der Waals surface area contributed by atoms with E-state index < -0.39 is 0 Å². The first-order valence-corrected chi connectivity index (χ1v) is 4.90. The molecular weight excluding hydrogens is 214 g/mol. The van der Waals surface area contributed by atoms with Gasteiger partial charge in [0.1, 0.15) is 5.76 Å². The molecule has 0 aliphatic rings. The lowest BCUT2D eigenvalue weighted by molar-refractivity contribution is -0.115. The van der Waals surface area contributed by atoms with Gasteiger partial charge in [-0.2, -0.15) is 0 Å². The zero-order valence-electron chi connectivity index (χ0n) is 8.38. The first kappa shape index (κ1) is 11.6. The number of hydrogen-bond donors (Lipinski definition) is 2. The number of carbonyl (C=O) groups is 1. The van der Waals surface area contributed by atoms with Gasteiger partial charge < -0.3 is 10.4 Å². The van der Waals surface area contributed by atoms with E-state index in [9.17, 15) is 9.90 Å². The van der Waals surface area contributed by atoms with Crippen molar-refractivity contribution in [3.05, 3.63) is 35.4 Å². The third-order valence-electron chi connectivity index (χ3n) is 1.89. The molecule has 15 heavy (non-hydrogen) atoms. The molecule has 80 valence electrons. The smallest absolute Gasteiger partial charge is 0.224 e. The van der Waals surface area contributed by atoms with Crippen LogP contribution >= 0.6 is 11.6 Å². The fourth-order valence-corrected chi connectivity index (χ4v) is 1.28. The molecule has 1 amide bonds. The van der Waals surface area contributed by atoms with Crippen LogP contribution < -0.4 is 5.32 Å². The molecule has 0 bridgehead atoms. The molecule has 0 unspecified atom stereocenters. The molecule has 0 aromatic heterocycles. The van der Waals surface area contributed by atoms with Gasteiger partial charge in [0.25, 0.3) is 0 Å². The average molecular weight is 226 g/mol. The maximum atomic E-state index is 11.2. The summed E-state index contributed by atoms with van der Waals surface area (Å²) < 4.78 is 0. The van der Waals surface area contributed by atoms with Gasteiger partial charge in [-0.25, -0.2) is 0 Å². The number of anilines is 1. The van der Waals surface area contributed by atoms with Gasteiger partial charge in [-0.1, -0.05) is 25.1 Å². The second-order valence-electron chi connectivity index (χ2n) is 3.04. The van der Waals surface area contributed by atoms with Gasteiger partial charge in [0.2, 0.25) is 5.91 Å². The minimum Gasteiger partial charge on any atom is -0.508 e. The molecule has 0 aliphatic heterocycles. The minimum absolute atomic E-state index is 0.0990. The molecule has 0 fully saturated rings. The topological polar surface area (TPSA) is 49.3 Å². The van der Waals surface area contributed by atoms with Crippen molar-refractivity contribution in [1.82, 2.24) is 0 Å². The molecule has 4 heteroatoms. The van der Waals surface area contributed by atoms with Gasteiger partial charge in [-0.15, -0.1) is 0 Å². The number of aliphatic hydroxyl groups excluding tert-OH is 1. The second-order valence-corrected chi connectivity index (χ2v) is 3.47. The summed E-state index contributed by atoms with van der Waals surface area (Å²) >= 11 is 5.79. The van der Waals surface area contributed by atoms with Crippen molar-refractivity contribution in [3.8, 4) is 0 Å². The lowest BCUT2D eigenvalue weighted by Gasteiger charge is -2.09. The fraction of sp³-hybridized carbons (Fsp3) is 0.182. The first-order chi connectivity index (χ1) is 7.04. The summed E-state index contributed by atoms with van der Waals surface area (Å²) in [6, 6.07) is 4.81. The maximum absolute atomic E-state index is 11.2. The number of halogens is 1. The molecule has 0 saturated heterocycles. The van der Waals surface area contributed by atoms with Crippen molar-refractivity contribution in [2.24, 2.45) is 0 Å². The lowest BCUT2D eigenvalue weighted by atomic mass is 10.1. The summed E-state index contributed by atoms with van der Waals surface area (Å²) in [4.78, 5) is 11.2. The highest BCUT2D eigenvalue weighted by Gasteiger charge is 2.08. The van der Waals surface area contributed by atoms with Gasteiger partial charge in [0.05, 0.1) is 5.69 Å². The van der Waals surface area contributed by atoms with Crippen molar-refractivity contribution < 1.29 is 9.90 Å². The molecule has 0 atom stereocenters. The van der Waals surface area contributed by atoms with E-state index in [1.165, 1.54) is 0 Å². The van der Waals surface area contributed by atoms with E-state index in [4.69, 9.17) is 11.6 Å². The highest BCUT2D eigenvalue weighted by Crippen LogP contribution is 2.25.